The van der Waals surface area contributed by atoms with Gasteiger partial charge in [0.1, 0.15) is 0 Å². The van der Waals surface area contributed by atoms with Gasteiger partial charge in [-0.15, -0.1) is 11.3 Å². The molecule has 0 saturated heterocycles. The number of carbonyl (C=O) groups excluding carboxylic acids is 1. The largest absolute Gasteiger partial charge is 0.292 e. The van der Waals surface area contributed by atoms with E-state index in [-0.39, 0.29) is 5.78 Å². The lowest BCUT2D eigenvalue weighted by molar-refractivity contribution is 0.0988. The van der Waals surface area contributed by atoms with E-state index in [4.69, 9.17) is 0 Å². The third-order valence-corrected chi connectivity index (χ3v) is 3.29. The van der Waals surface area contributed by atoms with E-state index in [9.17, 15) is 4.79 Å². The molecule has 2 aromatic rings. The average Bonchev–Trinajstić information content (AvgIpc) is 2.78. The summed E-state index contributed by atoms with van der Waals surface area (Å²) >= 11 is 1.42. The van der Waals surface area contributed by atoms with Gasteiger partial charge in [-0.1, -0.05) is 36.8 Å². The normalized spacial score (nSPS) is 10.4. The summed E-state index contributed by atoms with van der Waals surface area (Å²) in [6.45, 7) is 3.91. The van der Waals surface area contributed by atoms with Crippen molar-refractivity contribution in [2.24, 2.45) is 0 Å². The first kappa shape index (κ1) is 11.0. The molecule has 0 fully saturated rings. The first-order chi connectivity index (χ1) is 7.70. The van der Waals surface area contributed by atoms with Crippen molar-refractivity contribution in [1.29, 1.82) is 0 Å². The highest BCUT2D eigenvalue weighted by molar-refractivity contribution is 7.12. The van der Waals surface area contributed by atoms with Gasteiger partial charge in [0.05, 0.1) is 5.69 Å². The summed E-state index contributed by atoms with van der Waals surface area (Å²) < 4.78 is 0. The summed E-state index contributed by atoms with van der Waals surface area (Å²) in [7, 11) is 0. The molecule has 0 spiro atoms. The monoisotopic (exact) mass is 231 g/mol. The lowest BCUT2D eigenvalue weighted by Crippen LogP contribution is -1.94. The highest BCUT2D eigenvalue weighted by Gasteiger charge is 2.09. The van der Waals surface area contributed by atoms with Crippen LogP contribution >= 0.6 is 11.3 Å². The Balaban J connectivity index is 2.31. The third-order valence-electron chi connectivity index (χ3n) is 2.41. The molecule has 0 bridgehead atoms. The van der Waals surface area contributed by atoms with E-state index in [1.54, 1.807) is 0 Å². The van der Waals surface area contributed by atoms with Crippen LogP contribution in [0.3, 0.4) is 0 Å². The fourth-order valence-electron chi connectivity index (χ4n) is 1.41. The van der Waals surface area contributed by atoms with Gasteiger partial charge < -0.3 is 0 Å². The fourth-order valence-corrected chi connectivity index (χ4v) is 2.25. The van der Waals surface area contributed by atoms with Gasteiger partial charge in [-0.2, -0.15) is 0 Å². The number of thiazole rings is 1. The number of aryl methyl sites for hydroxylation is 1. The van der Waals surface area contributed by atoms with Crippen molar-refractivity contribution in [3.8, 4) is 11.3 Å². The SMILES string of the molecule is CCC(=O)c1nc(-c2ccc(C)cc2)cs1. The Morgan fingerprint density at radius 2 is 2.00 bits per heavy atom. The number of hydrogen-bond donors (Lipinski definition) is 0. The quantitative estimate of drug-likeness (QED) is 0.754. The number of benzene rings is 1. The van der Waals surface area contributed by atoms with Crippen LogP contribution in [0, 0.1) is 6.92 Å². The summed E-state index contributed by atoms with van der Waals surface area (Å²) in [6.07, 6.45) is 0.515. The summed E-state index contributed by atoms with van der Waals surface area (Å²) in [6, 6.07) is 8.17. The molecule has 0 radical (unpaired) electrons. The molecule has 1 aromatic heterocycles. The number of rotatable bonds is 3. The maximum atomic E-state index is 11.5. The number of carbonyl (C=O) groups is 1. The molecule has 0 amide bonds. The van der Waals surface area contributed by atoms with Gasteiger partial charge in [0.15, 0.2) is 10.8 Å². The van der Waals surface area contributed by atoms with Crippen molar-refractivity contribution in [3.63, 3.8) is 0 Å². The van der Waals surface area contributed by atoms with Crippen molar-refractivity contribution in [2.45, 2.75) is 20.3 Å². The number of aromatic nitrogens is 1. The molecule has 2 nitrogen and oxygen atoms in total. The van der Waals surface area contributed by atoms with Gasteiger partial charge in [-0.3, -0.25) is 4.79 Å². The summed E-state index contributed by atoms with van der Waals surface area (Å²) in [5.41, 5.74) is 3.18. The Kier molecular flexibility index (Phi) is 3.15. The zero-order valence-electron chi connectivity index (χ0n) is 9.36. The van der Waals surface area contributed by atoms with Crippen molar-refractivity contribution < 1.29 is 4.79 Å². The minimum absolute atomic E-state index is 0.114. The van der Waals surface area contributed by atoms with Gasteiger partial charge >= 0.3 is 0 Å². The Labute approximate surface area is 99.0 Å². The molecule has 2 rings (SSSR count). The van der Waals surface area contributed by atoms with E-state index < -0.39 is 0 Å². The molecule has 1 heterocycles. The molecule has 3 heteroatoms. The van der Waals surface area contributed by atoms with Crippen molar-refractivity contribution in [2.75, 3.05) is 0 Å². The van der Waals surface area contributed by atoms with E-state index in [0.717, 1.165) is 11.3 Å². The Morgan fingerprint density at radius 1 is 1.31 bits per heavy atom. The molecular formula is C13H13NOS. The first-order valence-corrected chi connectivity index (χ1v) is 6.14. The minimum Gasteiger partial charge on any atom is -0.292 e. The van der Waals surface area contributed by atoms with Crippen LogP contribution in [0.2, 0.25) is 0 Å². The van der Waals surface area contributed by atoms with Crippen molar-refractivity contribution >= 4 is 17.1 Å². The lowest BCUT2D eigenvalue weighted by Gasteiger charge is -1.96. The van der Waals surface area contributed by atoms with Crippen molar-refractivity contribution in [1.82, 2.24) is 4.98 Å². The zero-order valence-corrected chi connectivity index (χ0v) is 10.2. The van der Waals surface area contributed by atoms with Crippen molar-refractivity contribution in [3.05, 3.63) is 40.2 Å². The number of nitrogens with zero attached hydrogens (tertiary/aromatic N) is 1. The molecular weight excluding hydrogens is 218 g/mol. The topological polar surface area (TPSA) is 30.0 Å². The van der Waals surface area contributed by atoms with Crippen LogP contribution in [0.5, 0.6) is 0 Å². The van der Waals surface area contributed by atoms with Crippen LogP contribution in [0.4, 0.5) is 0 Å². The van der Waals surface area contributed by atoms with Gasteiger partial charge in [0, 0.05) is 17.4 Å². The van der Waals surface area contributed by atoms with Gasteiger partial charge in [0.2, 0.25) is 0 Å². The van der Waals surface area contributed by atoms with Gasteiger partial charge in [-0.05, 0) is 6.92 Å². The molecule has 82 valence electrons. The number of ketones is 1. The summed E-state index contributed by atoms with van der Waals surface area (Å²) in [5, 5.41) is 2.55. The zero-order chi connectivity index (χ0) is 11.5. The summed E-state index contributed by atoms with van der Waals surface area (Å²) in [4.78, 5) is 15.8. The maximum absolute atomic E-state index is 11.5. The number of hydrogen-bond acceptors (Lipinski definition) is 3. The number of Topliss-reactive ketones (excluding diaryl/α,β-unsaturated/α-hetero) is 1. The van der Waals surface area contributed by atoms with E-state index >= 15 is 0 Å². The van der Waals surface area contributed by atoms with E-state index in [0.29, 0.717) is 11.4 Å². The van der Waals surface area contributed by atoms with Crippen LogP contribution in [0.1, 0.15) is 28.7 Å². The van der Waals surface area contributed by atoms with Crippen LogP contribution in [-0.2, 0) is 0 Å². The molecule has 16 heavy (non-hydrogen) atoms. The molecule has 0 aliphatic rings. The van der Waals surface area contributed by atoms with E-state index in [1.807, 2.05) is 24.4 Å². The van der Waals surface area contributed by atoms with Crippen LogP contribution in [0.25, 0.3) is 11.3 Å². The van der Waals surface area contributed by atoms with Crippen LogP contribution < -0.4 is 0 Å². The smallest absolute Gasteiger partial charge is 0.191 e. The van der Waals surface area contributed by atoms with Gasteiger partial charge in [-0.25, -0.2) is 4.98 Å². The maximum Gasteiger partial charge on any atom is 0.191 e. The second kappa shape index (κ2) is 4.58. The highest BCUT2D eigenvalue weighted by Crippen LogP contribution is 2.22. The lowest BCUT2D eigenvalue weighted by atomic mass is 10.1. The van der Waals surface area contributed by atoms with Crippen LogP contribution in [0.15, 0.2) is 29.6 Å². The molecule has 0 saturated carbocycles. The fraction of sp³-hybridized carbons (Fsp3) is 0.231. The van der Waals surface area contributed by atoms with Crippen LogP contribution in [-0.4, -0.2) is 10.8 Å². The average molecular weight is 231 g/mol. The molecule has 0 aliphatic heterocycles. The molecule has 0 N–H and O–H groups in total. The molecule has 0 atom stereocenters. The second-order valence-electron chi connectivity index (χ2n) is 3.68. The minimum atomic E-state index is 0.114. The van der Waals surface area contributed by atoms with Gasteiger partial charge in [0.25, 0.3) is 0 Å². The Morgan fingerprint density at radius 3 is 2.62 bits per heavy atom. The summed E-state index contributed by atoms with van der Waals surface area (Å²) in [5.74, 6) is 0.114. The van der Waals surface area contributed by atoms with E-state index in [1.165, 1.54) is 16.9 Å². The Bertz CT molecular complexity index is 499. The molecule has 0 unspecified atom stereocenters. The molecule has 0 aliphatic carbocycles. The Hall–Kier alpha value is -1.48. The standard InChI is InChI=1S/C13H13NOS/c1-3-12(15)13-14-11(8-16-13)10-6-4-9(2)5-7-10/h4-8H,3H2,1-2H3. The predicted octanol–water partition coefficient (Wildman–Crippen LogP) is 3.71. The first-order valence-electron chi connectivity index (χ1n) is 5.26. The molecule has 1 aromatic carbocycles. The highest BCUT2D eigenvalue weighted by atomic mass is 32.1. The second-order valence-corrected chi connectivity index (χ2v) is 4.54. The van der Waals surface area contributed by atoms with E-state index in [2.05, 4.69) is 24.0 Å². The predicted molar refractivity (Wildman–Crippen MR) is 66.9 cm³/mol. The third kappa shape index (κ3) is 2.19.